The molecular weight excluding hydrogens is 182 g/mol. The lowest BCUT2D eigenvalue weighted by molar-refractivity contribution is -0.140. The molecule has 0 radical (unpaired) electrons. The van der Waals surface area contributed by atoms with Crippen molar-refractivity contribution in [3.63, 3.8) is 0 Å². The molecule has 1 aromatic rings. The zero-order valence-corrected chi connectivity index (χ0v) is 7.86. The highest BCUT2D eigenvalue weighted by molar-refractivity contribution is 6.03. The predicted molar refractivity (Wildman–Crippen MR) is 47.9 cm³/mol. The molecule has 1 unspecified atom stereocenters. The van der Waals surface area contributed by atoms with E-state index < -0.39 is 0 Å². The lowest BCUT2D eigenvalue weighted by Gasteiger charge is -2.11. The average Bonchev–Trinajstić information content (AvgIpc) is 2.71. The third-order valence-electron chi connectivity index (χ3n) is 2.33. The number of nitrogens with zero attached hydrogens (tertiary/aromatic N) is 2. The van der Waals surface area contributed by atoms with Crippen molar-refractivity contribution in [3.05, 3.63) is 18.2 Å². The number of H-pyrrole nitrogens is 1. The van der Waals surface area contributed by atoms with Crippen molar-refractivity contribution < 1.29 is 9.59 Å². The SMILES string of the molecule is CC1CC(=O)N(Cc2ncc[nH]2)C1=O. The molecule has 5 heteroatoms. The third kappa shape index (κ3) is 1.41. The maximum absolute atomic E-state index is 11.5. The van der Waals surface area contributed by atoms with Crippen LogP contribution in [-0.4, -0.2) is 26.7 Å². The van der Waals surface area contributed by atoms with E-state index in [1.165, 1.54) is 4.90 Å². The number of carbonyl (C=O) groups excluding carboxylic acids is 2. The Hall–Kier alpha value is -1.65. The summed E-state index contributed by atoms with van der Waals surface area (Å²) in [4.78, 5) is 31.0. The predicted octanol–water partition coefficient (Wildman–Crippen LogP) is 0.305. The molecule has 1 aromatic heterocycles. The van der Waals surface area contributed by atoms with Gasteiger partial charge in [-0.15, -0.1) is 0 Å². The topological polar surface area (TPSA) is 66.1 Å². The normalized spacial score (nSPS) is 22.1. The summed E-state index contributed by atoms with van der Waals surface area (Å²) in [5.74, 6) is 0.239. The van der Waals surface area contributed by atoms with E-state index in [4.69, 9.17) is 0 Å². The van der Waals surface area contributed by atoms with Crippen LogP contribution in [0.1, 0.15) is 19.2 Å². The van der Waals surface area contributed by atoms with Crippen molar-refractivity contribution in [1.29, 1.82) is 0 Å². The Morgan fingerprint density at radius 2 is 2.43 bits per heavy atom. The number of amides is 2. The number of nitrogens with one attached hydrogen (secondary N) is 1. The molecule has 2 heterocycles. The molecule has 74 valence electrons. The molecule has 2 rings (SSSR count). The fourth-order valence-corrected chi connectivity index (χ4v) is 1.55. The molecule has 14 heavy (non-hydrogen) atoms. The Kier molecular flexibility index (Phi) is 2.07. The zero-order valence-electron chi connectivity index (χ0n) is 7.86. The van der Waals surface area contributed by atoms with Crippen LogP contribution in [0.4, 0.5) is 0 Å². The maximum atomic E-state index is 11.5. The molecule has 1 saturated heterocycles. The zero-order chi connectivity index (χ0) is 10.1. The maximum Gasteiger partial charge on any atom is 0.232 e. The summed E-state index contributed by atoms with van der Waals surface area (Å²) < 4.78 is 0. The fraction of sp³-hybridized carbons (Fsp3) is 0.444. The van der Waals surface area contributed by atoms with E-state index in [9.17, 15) is 9.59 Å². The number of rotatable bonds is 2. The number of imide groups is 1. The summed E-state index contributed by atoms with van der Waals surface area (Å²) in [6.45, 7) is 2.03. The van der Waals surface area contributed by atoms with Crippen LogP contribution in [0.25, 0.3) is 0 Å². The quantitative estimate of drug-likeness (QED) is 0.687. The van der Waals surface area contributed by atoms with Crippen LogP contribution < -0.4 is 0 Å². The van der Waals surface area contributed by atoms with Gasteiger partial charge in [0.1, 0.15) is 5.82 Å². The van der Waals surface area contributed by atoms with Gasteiger partial charge in [-0.25, -0.2) is 4.98 Å². The summed E-state index contributed by atoms with van der Waals surface area (Å²) in [6.07, 6.45) is 3.59. The van der Waals surface area contributed by atoms with E-state index in [2.05, 4.69) is 9.97 Å². The first-order chi connectivity index (χ1) is 6.68. The molecule has 0 spiro atoms. The van der Waals surface area contributed by atoms with E-state index >= 15 is 0 Å². The molecule has 0 aromatic carbocycles. The van der Waals surface area contributed by atoms with Gasteiger partial charge in [-0.05, 0) is 0 Å². The summed E-state index contributed by atoms with van der Waals surface area (Å²) in [6, 6.07) is 0. The Balaban J connectivity index is 2.12. The largest absolute Gasteiger partial charge is 0.347 e. The van der Waals surface area contributed by atoms with Gasteiger partial charge in [0.25, 0.3) is 0 Å². The summed E-state index contributed by atoms with van der Waals surface area (Å²) in [7, 11) is 0. The molecule has 2 amide bonds. The second kappa shape index (κ2) is 3.25. The van der Waals surface area contributed by atoms with E-state index in [0.717, 1.165) is 0 Å². The van der Waals surface area contributed by atoms with Gasteiger partial charge in [0, 0.05) is 24.7 Å². The summed E-state index contributed by atoms with van der Waals surface area (Å²) in [5.41, 5.74) is 0. The third-order valence-corrected chi connectivity index (χ3v) is 2.33. The highest BCUT2D eigenvalue weighted by Gasteiger charge is 2.35. The molecule has 1 aliphatic heterocycles. The van der Waals surface area contributed by atoms with Gasteiger partial charge in [0.15, 0.2) is 0 Å². The minimum Gasteiger partial charge on any atom is -0.347 e. The van der Waals surface area contributed by atoms with Crippen LogP contribution in [0.5, 0.6) is 0 Å². The highest BCUT2D eigenvalue weighted by atomic mass is 16.2. The van der Waals surface area contributed by atoms with Crippen molar-refractivity contribution in [2.75, 3.05) is 0 Å². The molecule has 1 atom stereocenters. The van der Waals surface area contributed by atoms with Crippen molar-refractivity contribution in [1.82, 2.24) is 14.9 Å². The molecule has 0 saturated carbocycles. The van der Waals surface area contributed by atoms with Crippen LogP contribution in [0, 0.1) is 5.92 Å². The number of aromatic nitrogens is 2. The number of likely N-dealkylation sites (tertiary alicyclic amines) is 1. The van der Waals surface area contributed by atoms with Gasteiger partial charge >= 0.3 is 0 Å². The molecule has 1 fully saturated rings. The monoisotopic (exact) mass is 193 g/mol. The number of aromatic amines is 1. The highest BCUT2D eigenvalue weighted by Crippen LogP contribution is 2.19. The van der Waals surface area contributed by atoms with E-state index in [1.807, 2.05) is 0 Å². The van der Waals surface area contributed by atoms with Crippen molar-refractivity contribution in [2.24, 2.45) is 5.92 Å². The summed E-state index contributed by atoms with van der Waals surface area (Å²) in [5, 5.41) is 0. The number of hydrogen-bond donors (Lipinski definition) is 1. The Morgan fingerprint density at radius 3 is 2.93 bits per heavy atom. The van der Waals surface area contributed by atoms with E-state index in [0.29, 0.717) is 12.2 Å². The Bertz CT molecular complexity index is 358. The van der Waals surface area contributed by atoms with Gasteiger partial charge in [-0.3, -0.25) is 14.5 Å². The standard InChI is InChI=1S/C9H11N3O2/c1-6-4-8(13)12(9(6)14)5-7-10-2-3-11-7/h2-3,6H,4-5H2,1H3,(H,10,11). The molecule has 0 aliphatic carbocycles. The average molecular weight is 193 g/mol. The van der Waals surface area contributed by atoms with Gasteiger partial charge in [0.2, 0.25) is 11.8 Å². The minimum absolute atomic E-state index is 0.105. The van der Waals surface area contributed by atoms with Gasteiger partial charge in [-0.2, -0.15) is 0 Å². The van der Waals surface area contributed by atoms with Gasteiger partial charge < -0.3 is 4.98 Å². The number of carbonyl (C=O) groups is 2. The number of imidazole rings is 1. The van der Waals surface area contributed by atoms with Gasteiger partial charge in [-0.1, -0.05) is 6.92 Å². The fourth-order valence-electron chi connectivity index (χ4n) is 1.55. The Labute approximate surface area is 81.1 Å². The first-order valence-corrected chi connectivity index (χ1v) is 4.51. The minimum atomic E-state index is -0.183. The van der Waals surface area contributed by atoms with Crippen molar-refractivity contribution in [2.45, 2.75) is 19.9 Å². The van der Waals surface area contributed by atoms with Gasteiger partial charge in [0.05, 0.1) is 6.54 Å². The molecule has 5 nitrogen and oxygen atoms in total. The molecule has 1 N–H and O–H groups in total. The van der Waals surface area contributed by atoms with Crippen LogP contribution in [0.2, 0.25) is 0 Å². The van der Waals surface area contributed by atoms with Crippen molar-refractivity contribution in [3.8, 4) is 0 Å². The number of hydrogen-bond acceptors (Lipinski definition) is 3. The molecular formula is C9H11N3O2. The second-order valence-corrected chi connectivity index (χ2v) is 3.46. The first-order valence-electron chi connectivity index (χ1n) is 4.51. The lowest BCUT2D eigenvalue weighted by Crippen LogP contribution is -2.30. The van der Waals surface area contributed by atoms with Crippen molar-refractivity contribution >= 4 is 11.8 Å². The molecule has 1 aliphatic rings. The van der Waals surface area contributed by atoms with Crippen LogP contribution >= 0.6 is 0 Å². The van der Waals surface area contributed by atoms with Crippen LogP contribution in [0.15, 0.2) is 12.4 Å². The van der Waals surface area contributed by atoms with Crippen LogP contribution in [-0.2, 0) is 16.1 Å². The summed E-state index contributed by atoms with van der Waals surface area (Å²) >= 11 is 0. The van der Waals surface area contributed by atoms with E-state index in [-0.39, 0.29) is 24.3 Å². The van der Waals surface area contributed by atoms with E-state index in [1.54, 1.807) is 19.3 Å². The second-order valence-electron chi connectivity index (χ2n) is 3.46. The van der Waals surface area contributed by atoms with Crippen LogP contribution in [0.3, 0.4) is 0 Å². The first kappa shape index (κ1) is 8.93. The Morgan fingerprint density at radius 1 is 1.64 bits per heavy atom. The lowest BCUT2D eigenvalue weighted by atomic mass is 10.1. The smallest absolute Gasteiger partial charge is 0.232 e. The molecule has 0 bridgehead atoms.